The fraction of sp³-hybridized carbons (Fsp3) is 0.286. The van der Waals surface area contributed by atoms with Crippen molar-refractivity contribution in [3.8, 4) is 0 Å². The topological polar surface area (TPSA) is 59.5 Å². The summed E-state index contributed by atoms with van der Waals surface area (Å²) < 4.78 is 5.93. The molecule has 1 amide bonds. The summed E-state index contributed by atoms with van der Waals surface area (Å²) in [6.45, 7) is 4.29. The van der Waals surface area contributed by atoms with Crippen LogP contribution in [-0.4, -0.2) is 17.9 Å². The second-order valence-corrected chi connectivity index (χ2v) is 6.58. The fourth-order valence-electron chi connectivity index (χ4n) is 3.22. The van der Waals surface area contributed by atoms with Gasteiger partial charge >= 0.3 is 0 Å². The first-order chi connectivity index (χ1) is 11.9. The summed E-state index contributed by atoms with van der Waals surface area (Å²) in [7, 11) is 1.79. The Hall–Kier alpha value is -2.59. The molecule has 0 aliphatic rings. The van der Waals surface area contributed by atoms with Gasteiger partial charge in [0.05, 0.1) is 0 Å². The molecule has 4 nitrogen and oxygen atoms in total. The number of carbonyl (C=O) groups is 1. The molecule has 0 radical (unpaired) electrons. The molecule has 130 valence electrons. The summed E-state index contributed by atoms with van der Waals surface area (Å²) in [5.74, 6) is 0.797. The van der Waals surface area contributed by atoms with Crippen molar-refractivity contribution >= 4 is 16.9 Å². The maximum absolute atomic E-state index is 13.0. The van der Waals surface area contributed by atoms with Gasteiger partial charge in [-0.15, -0.1) is 0 Å². The van der Waals surface area contributed by atoms with Gasteiger partial charge in [0.15, 0.2) is 0 Å². The average molecular weight is 336 g/mol. The zero-order chi connectivity index (χ0) is 18.0. The minimum atomic E-state index is -1.07. The van der Waals surface area contributed by atoms with Gasteiger partial charge in [-0.2, -0.15) is 0 Å². The van der Waals surface area contributed by atoms with Crippen LogP contribution in [0.5, 0.6) is 0 Å². The van der Waals surface area contributed by atoms with Crippen LogP contribution in [0.2, 0.25) is 0 Å². The molecule has 0 aliphatic carbocycles. The quantitative estimate of drug-likeness (QED) is 0.770. The molecule has 4 heteroatoms. The lowest BCUT2D eigenvalue weighted by Crippen LogP contribution is -2.49. The molecule has 1 atom stereocenters. The van der Waals surface area contributed by atoms with Gasteiger partial charge in [0.25, 0.3) is 0 Å². The highest BCUT2D eigenvalue weighted by Gasteiger charge is 2.33. The highest BCUT2D eigenvalue weighted by atomic mass is 16.3. The SMILES string of the molecule is CCc1oc2ccccc2c1CN(C)C(=O)C(C)(N)c1ccccc1. The summed E-state index contributed by atoms with van der Waals surface area (Å²) in [4.78, 5) is 14.7. The Morgan fingerprint density at radius 3 is 2.44 bits per heavy atom. The molecule has 1 aromatic heterocycles. The summed E-state index contributed by atoms with van der Waals surface area (Å²) in [5.41, 5.74) is 8.03. The van der Waals surface area contributed by atoms with Gasteiger partial charge in [-0.05, 0) is 18.6 Å². The molecule has 0 saturated carbocycles. The Morgan fingerprint density at radius 1 is 1.12 bits per heavy atom. The van der Waals surface area contributed by atoms with Gasteiger partial charge in [-0.3, -0.25) is 4.79 Å². The maximum Gasteiger partial charge on any atom is 0.247 e. The van der Waals surface area contributed by atoms with Crippen LogP contribution in [0.4, 0.5) is 0 Å². The van der Waals surface area contributed by atoms with E-state index in [0.717, 1.165) is 34.3 Å². The van der Waals surface area contributed by atoms with Gasteiger partial charge in [-0.25, -0.2) is 0 Å². The standard InChI is InChI=1S/C21H24N2O2/c1-4-18-17(16-12-8-9-13-19(16)25-18)14-23(3)20(24)21(2,22)15-10-6-5-7-11-15/h5-13H,4,14,22H2,1-3H3. The normalized spacial score (nSPS) is 13.6. The van der Waals surface area contributed by atoms with Crippen molar-refractivity contribution < 1.29 is 9.21 Å². The van der Waals surface area contributed by atoms with Crippen LogP contribution >= 0.6 is 0 Å². The number of aryl methyl sites for hydroxylation is 1. The molecule has 1 unspecified atom stereocenters. The molecule has 2 N–H and O–H groups in total. The number of likely N-dealkylation sites (N-methyl/N-ethyl adjacent to an activating group) is 1. The Labute approximate surface area is 148 Å². The lowest BCUT2D eigenvalue weighted by Gasteiger charge is -2.29. The van der Waals surface area contributed by atoms with E-state index in [-0.39, 0.29) is 5.91 Å². The number of hydrogen-bond acceptors (Lipinski definition) is 3. The minimum absolute atomic E-state index is 0.119. The second-order valence-electron chi connectivity index (χ2n) is 6.58. The Balaban J connectivity index is 1.90. The number of nitrogens with two attached hydrogens (primary N) is 1. The number of hydrogen-bond donors (Lipinski definition) is 1. The number of rotatable bonds is 5. The lowest BCUT2D eigenvalue weighted by atomic mass is 9.91. The predicted octanol–water partition coefficient (Wildman–Crippen LogP) is 3.83. The highest BCUT2D eigenvalue weighted by molar-refractivity contribution is 5.88. The number of furan rings is 1. The molecule has 0 spiro atoms. The highest BCUT2D eigenvalue weighted by Crippen LogP contribution is 2.28. The second kappa shape index (κ2) is 6.73. The first-order valence-electron chi connectivity index (χ1n) is 8.54. The van der Waals surface area contributed by atoms with Crippen LogP contribution in [0.3, 0.4) is 0 Å². The molecule has 25 heavy (non-hydrogen) atoms. The third-order valence-electron chi connectivity index (χ3n) is 4.66. The first kappa shape index (κ1) is 17.2. The maximum atomic E-state index is 13.0. The van der Waals surface area contributed by atoms with Crippen molar-refractivity contribution in [3.63, 3.8) is 0 Å². The monoisotopic (exact) mass is 336 g/mol. The van der Waals surface area contributed by atoms with E-state index in [2.05, 4.69) is 6.92 Å². The van der Waals surface area contributed by atoms with Crippen molar-refractivity contribution in [2.45, 2.75) is 32.4 Å². The van der Waals surface area contributed by atoms with E-state index in [0.29, 0.717) is 6.54 Å². The molecule has 3 rings (SSSR count). The zero-order valence-corrected chi connectivity index (χ0v) is 15.0. The summed E-state index contributed by atoms with van der Waals surface area (Å²) in [6.07, 6.45) is 0.782. The van der Waals surface area contributed by atoms with Crippen molar-refractivity contribution in [1.29, 1.82) is 0 Å². The summed E-state index contributed by atoms with van der Waals surface area (Å²) in [5, 5.41) is 1.05. The van der Waals surface area contributed by atoms with E-state index in [4.69, 9.17) is 10.2 Å². The number of fused-ring (bicyclic) bond motifs is 1. The average Bonchev–Trinajstić information content (AvgIpc) is 2.99. The van der Waals surface area contributed by atoms with Crippen molar-refractivity contribution in [2.75, 3.05) is 7.05 Å². The minimum Gasteiger partial charge on any atom is -0.461 e. The molecule has 0 saturated heterocycles. The van der Waals surface area contributed by atoms with Gasteiger partial charge in [0.1, 0.15) is 16.9 Å². The fourth-order valence-corrected chi connectivity index (χ4v) is 3.22. The van der Waals surface area contributed by atoms with E-state index in [1.165, 1.54) is 0 Å². The van der Waals surface area contributed by atoms with Gasteiger partial charge in [0.2, 0.25) is 5.91 Å². The number of carbonyl (C=O) groups excluding carboxylic acids is 1. The summed E-state index contributed by atoms with van der Waals surface area (Å²) in [6, 6.07) is 17.4. The molecular weight excluding hydrogens is 312 g/mol. The van der Waals surface area contributed by atoms with E-state index in [9.17, 15) is 4.79 Å². The van der Waals surface area contributed by atoms with E-state index in [1.807, 2.05) is 54.6 Å². The van der Waals surface area contributed by atoms with Crippen molar-refractivity contribution in [2.24, 2.45) is 5.73 Å². The zero-order valence-electron chi connectivity index (χ0n) is 15.0. The van der Waals surface area contributed by atoms with Gasteiger partial charge < -0.3 is 15.1 Å². The first-order valence-corrected chi connectivity index (χ1v) is 8.54. The van der Waals surface area contributed by atoms with Crippen LogP contribution in [0.25, 0.3) is 11.0 Å². The van der Waals surface area contributed by atoms with Crippen LogP contribution in [0.15, 0.2) is 59.0 Å². The number of para-hydroxylation sites is 1. The molecule has 0 bridgehead atoms. The Morgan fingerprint density at radius 2 is 1.76 bits per heavy atom. The third kappa shape index (κ3) is 3.17. The van der Waals surface area contributed by atoms with E-state index < -0.39 is 5.54 Å². The van der Waals surface area contributed by atoms with E-state index >= 15 is 0 Å². The van der Waals surface area contributed by atoms with Gasteiger partial charge in [0, 0.05) is 31.0 Å². The lowest BCUT2D eigenvalue weighted by molar-refractivity contribution is -0.136. The largest absolute Gasteiger partial charge is 0.461 e. The van der Waals surface area contributed by atoms with Crippen molar-refractivity contribution in [1.82, 2.24) is 4.90 Å². The molecular formula is C21H24N2O2. The van der Waals surface area contributed by atoms with Crippen LogP contribution < -0.4 is 5.73 Å². The van der Waals surface area contributed by atoms with Gasteiger partial charge in [-0.1, -0.05) is 55.5 Å². The van der Waals surface area contributed by atoms with Crippen LogP contribution in [-0.2, 0) is 23.3 Å². The molecule has 3 aromatic rings. The predicted molar refractivity (Wildman–Crippen MR) is 100 cm³/mol. The van der Waals surface area contributed by atoms with Crippen molar-refractivity contribution in [3.05, 3.63) is 71.5 Å². The molecule has 0 aliphatic heterocycles. The number of nitrogens with zero attached hydrogens (tertiary/aromatic N) is 1. The Kier molecular flexibility index (Phi) is 4.64. The van der Waals surface area contributed by atoms with E-state index in [1.54, 1.807) is 18.9 Å². The summed E-state index contributed by atoms with van der Waals surface area (Å²) >= 11 is 0. The van der Waals surface area contributed by atoms with Crippen LogP contribution in [0, 0.1) is 0 Å². The number of benzene rings is 2. The smallest absolute Gasteiger partial charge is 0.247 e. The third-order valence-corrected chi connectivity index (χ3v) is 4.66. The molecule has 1 heterocycles. The number of amides is 1. The molecule has 2 aromatic carbocycles. The van der Waals surface area contributed by atoms with Crippen LogP contribution in [0.1, 0.15) is 30.7 Å². The molecule has 0 fully saturated rings. The Bertz CT molecular complexity index is 881.